The van der Waals surface area contributed by atoms with Crippen LogP contribution in [0.5, 0.6) is 0 Å². The van der Waals surface area contributed by atoms with Gasteiger partial charge in [-0.25, -0.2) is 8.42 Å². The van der Waals surface area contributed by atoms with E-state index in [0.29, 0.717) is 22.9 Å². The van der Waals surface area contributed by atoms with Crippen LogP contribution in [-0.2, 0) is 19.4 Å². The summed E-state index contributed by atoms with van der Waals surface area (Å²) >= 11 is 12.5. The average molecular weight is 555 g/mol. The number of carboxylic acids is 1. The zero-order valence-electron chi connectivity index (χ0n) is 20.8. The van der Waals surface area contributed by atoms with Crippen molar-refractivity contribution in [1.29, 1.82) is 0 Å². The maximum absolute atomic E-state index is 14.1. The highest BCUT2D eigenvalue weighted by Crippen LogP contribution is 2.52. The Morgan fingerprint density at radius 2 is 1.78 bits per heavy atom. The Bertz CT molecular complexity index is 1200. The van der Waals surface area contributed by atoms with Crippen LogP contribution in [0.4, 0.5) is 0 Å². The molecule has 4 atom stereocenters. The first-order valence-electron chi connectivity index (χ1n) is 12.2. The van der Waals surface area contributed by atoms with Gasteiger partial charge in [0, 0.05) is 27.8 Å². The quantitative estimate of drug-likeness (QED) is 0.381. The van der Waals surface area contributed by atoms with E-state index in [1.165, 1.54) is 0 Å². The molecule has 0 spiro atoms. The summed E-state index contributed by atoms with van der Waals surface area (Å²) in [6, 6.07) is 13.4. The van der Waals surface area contributed by atoms with Gasteiger partial charge in [0.15, 0.2) is 9.84 Å². The molecule has 0 aliphatic carbocycles. The van der Waals surface area contributed by atoms with Gasteiger partial charge >= 0.3 is 5.97 Å². The van der Waals surface area contributed by atoms with Crippen LogP contribution >= 0.6 is 23.2 Å². The van der Waals surface area contributed by atoms with Crippen LogP contribution in [0.2, 0.25) is 10.0 Å². The van der Waals surface area contributed by atoms with Gasteiger partial charge in [-0.3, -0.25) is 9.59 Å². The average Bonchev–Trinajstić information content (AvgIpc) is 2.79. The van der Waals surface area contributed by atoms with Gasteiger partial charge in [-0.2, -0.15) is 0 Å². The number of aliphatic carboxylic acids is 1. The molecule has 1 heterocycles. The molecule has 6 nitrogen and oxygen atoms in total. The fourth-order valence-corrected chi connectivity index (χ4v) is 7.46. The van der Waals surface area contributed by atoms with Crippen molar-refractivity contribution in [3.63, 3.8) is 0 Å². The van der Waals surface area contributed by atoms with Crippen molar-refractivity contribution in [3.05, 3.63) is 69.7 Å². The van der Waals surface area contributed by atoms with Crippen LogP contribution in [0.25, 0.3) is 0 Å². The number of piperidine rings is 1. The number of hydrogen-bond acceptors (Lipinski definition) is 4. The first-order chi connectivity index (χ1) is 16.9. The van der Waals surface area contributed by atoms with Crippen molar-refractivity contribution in [2.45, 2.75) is 64.5 Å². The van der Waals surface area contributed by atoms with Crippen molar-refractivity contribution in [1.82, 2.24) is 4.90 Å². The summed E-state index contributed by atoms with van der Waals surface area (Å²) in [7, 11) is -3.43. The molecule has 9 heteroatoms. The summed E-state index contributed by atoms with van der Waals surface area (Å²) in [6.45, 7) is 5.33. The number of likely N-dealkylation sites (tertiary alicyclic amines) is 1. The van der Waals surface area contributed by atoms with Crippen molar-refractivity contribution < 1.29 is 23.1 Å². The normalized spacial score (nSPS) is 23.5. The van der Waals surface area contributed by atoms with Gasteiger partial charge in [0.1, 0.15) is 0 Å². The van der Waals surface area contributed by atoms with Crippen molar-refractivity contribution in [3.8, 4) is 0 Å². The molecule has 2 aromatic carbocycles. The van der Waals surface area contributed by atoms with Crippen molar-refractivity contribution in [2.24, 2.45) is 5.41 Å². The minimum Gasteiger partial charge on any atom is -0.481 e. The van der Waals surface area contributed by atoms with Gasteiger partial charge in [-0.1, -0.05) is 68.2 Å². The maximum Gasteiger partial charge on any atom is 0.304 e. The molecule has 0 saturated carbocycles. The smallest absolute Gasteiger partial charge is 0.304 e. The number of hydrogen-bond donors (Lipinski definition) is 1. The second kappa shape index (κ2) is 11.5. The van der Waals surface area contributed by atoms with E-state index in [9.17, 15) is 23.1 Å². The van der Waals surface area contributed by atoms with Crippen LogP contribution < -0.4 is 0 Å². The molecule has 0 unspecified atom stereocenters. The molecule has 0 bridgehead atoms. The predicted molar refractivity (Wildman–Crippen MR) is 143 cm³/mol. The zero-order chi connectivity index (χ0) is 26.7. The molecule has 1 amide bonds. The molecule has 1 aliphatic rings. The molecule has 2 aromatic rings. The highest BCUT2D eigenvalue weighted by molar-refractivity contribution is 7.91. The van der Waals surface area contributed by atoms with Gasteiger partial charge in [0.25, 0.3) is 0 Å². The van der Waals surface area contributed by atoms with Crippen LogP contribution in [-0.4, -0.2) is 47.8 Å². The minimum absolute atomic E-state index is 0.0290. The number of rotatable bonds is 10. The predicted octanol–water partition coefficient (Wildman–Crippen LogP) is 6.14. The number of nitrogens with zero attached hydrogens (tertiary/aromatic N) is 1. The monoisotopic (exact) mass is 553 g/mol. The van der Waals surface area contributed by atoms with Crippen LogP contribution in [0.1, 0.15) is 69.5 Å². The third kappa shape index (κ3) is 6.42. The fraction of sp³-hybridized carbons (Fsp3) is 0.481. The first kappa shape index (κ1) is 28.5. The Labute approximate surface area is 223 Å². The SMILES string of the molecule is CCCS(=O)(=O)C[C@H](CC)N1C(=O)[C@](C)(CC(=O)O)C[C@H](c2cccc(Cl)c2)[C@H]1c1ccc(Cl)cc1. The Morgan fingerprint density at radius 3 is 2.33 bits per heavy atom. The third-order valence-electron chi connectivity index (χ3n) is 6.96. The standard InChI is InChI=1S/C27H33Cl2NO5S/c1-4-13-36(34,35)17-22(5-2)30-25(18-9-11-20(28)12-10-18)23(19-7-6-8-21(29)14-19)15-27(3,26(30)33)16-24(31)32/h6-12,14,22-23,25H,4-5,13,15-17H2,1-3H3,(H,31,32)/t22-,23+,25+,27-/m0/s1. The summed E-state index contributed by atoms with van der Waals surface area (Å²) in [5.41, 5.74) is 0.452. The van der Waals surface area contributed by atoms with E-state index in [4.69, 9.17) is 23.2 Å². The van der Waals surface area contributed by atoms with Gasteiger partial charge < -0.3 is 10.0 Å². The summed E-state index contributed by atoms with van der Waals surface area (Å²) in [5.74, 6) is -1.89. The molecule has 196 valence electrons. The fourth-order valence-electron chi connectivity index (χ4n) is 5.36. The molecule has 36 heavy (non-hydrogen) atoms. The Hall–Kier alpha value is -2.09. The third-order valence-corrected chi connectivity index (χ3v) is 9.37. The molecule has 1 aliphatic heterocycles. The number of carboxylic acid groups (broad SMARTS) is 1. The number of carbonyl (C=O) groups is 2. The zero-order valence-corrected chi connectivity index (χ0v) is 23.1. The first-order valence-corrected chi connectivity index (χ1v) is 14.7. The molecule has 0 radical (unpaired) electrons. The van der Waals surface area contributed by atoms with Crippen LogP contribution in [0.15, 0.2) is 48.5 Å². The van der Waals surface area contributed by atoms with E-state index in [-0.39, 0.29) is 36.2 Å². The Kier molecular flexibility index (Phi) is 9.12. The molecule has 3 rings (SSSR count). The van der Waals surface area contributed by atoms with Crippen LogP contribution in [0.3, 0.4) is 0 Å². The van der Waals surface area contributed by atoms with Gasteiger partial charge in [0.05, 0.1) is 23.6 Å². The molecule has 1 fully saturated rings. The van der Waals surface area contributed by atoms with Gasteiger partial charge in [-0.05, 0) is 54.7 Å². The molecule has 0 aromatic heterocycles. The van der Waals surface area contributed by atoms with E-state index < -0.39 is 33.3 Å². The van der Waals surface area contributed by atoms with Crippen LogP contribution in [0, 0.1) is 5.41 Å². The molecular weight excluding hydrogens is 521 g/mol. The van der Waals surface area contributed by atoms with E-state index in [1.807, 2.05) is 37.3 Å². The Balaban J connectivity index is 2.24. The number of sulfone groups is 1. The summed E-state index contributed by atoms with van der Waals surface area (Å²) in [5, 5.41) is 10.8. The number of halogens is 2. The Morgan fingerprint density at radius 1 is 1.11 bits per heavy atom. The summed E-state index contributed by atoms with van der Waals surface area (Å²) in [6.07, 6.45) is 0.810. The lowest BCUT2D eigenvalue weighted by Gasteiger charge is -2.51. The highest BCUT2D eigenvalue weighted by Gasteiger charge is 2.52. The lowest BCUT2D eigenvalue weighted by molar-refractivity contribution is -0.160. The van der Waals surface area contributed by atoms with Crippen molar-refractivity contribution in [2.75, 3.05) is 11.5 Å². The number of benzene rings is 2. The lowest BCUT2D eigenvalue weighted by atomic mass is 9.67. The minimum atomic E-state index is -3.43. The summed E-state index contributed by atoms with van der Waals surface area (Å²) in [4.78, 5) is 27.6. The topological polar surface area (TPSA) is 91.8 Å². The highest BCUT2D eigenvalue weighted by atomic mass is 35.5. The van der Waals surface area contributed by atoms with E-state index >= 15 is 0 Å². The van der Waals surface area contributed by atoms with Gasteiger partial charge in [-0.15, -0.1) is 0 Å². The number of carbonyl (C=O) groups excluding carboxylic acids is 1. The van der Waals surface area contributed by atoms with E-state index in [1.54, 1.807) is 36.9 Å². The lowest BCUT2D eigenvalue weighted by Crippen LogP contribution is -2.57. The molecular formula is C27H33Cl2NO5S. The summed E-state index contributed by atoms with van der Waals surface area (Å²) < 4.78 is 25.8. The van der Waals surface area contributed by atoms with Gasteiger partial charge in [0.2, 0.25) is 5.91 Å². The van der Waals surface area contributed by atoms with Crippen molar-refractivity contribution >= 4 is 44.9 Å². The second-order valence-corrected chi connectivity index (χ2v) is 13.0. The van der Waals surface area contributed by atoms with E-state index in [2.05, 4.69) is 0 Å². The molecule has 1 N–H and O–H groups in total. The largest absolute Gasteiger partial charge is 0.481 e. The number of amides is 1. The second-order valence-electron chi connectivity index (χ2n) is 9.88. The van der Waals surface area contributed by atoms with E-state index in [0.717, 1.165) is 11.1 Å². The molecule has 1 saturated heterocycles. The maximum atomic E-state index is 14.1.